The number of nitrogens with two attached hydrogens (primary N) is 1. The van der Waals surface area contributed by atoms with Gasteiger partial charge in [-0.1, -0.05) is 5.16 Å². The molecule has 1 aliphatic rings. The molecule has 88 valence electrons. The molecule has 5 heteroatoms. The maximum Gasteiger partial charge on any atom is 0.139 e. The van der Waals surface area contributed by atoms with Crippen LogP contribution in [-0.4, -0.2) is 46.3 Å². The van der Waals surface area contributed by atoms with Gasteiger partial charge in [-0.3, -0.25) is 0 Å². The Morgan fingerprint density at radius 2 is 2.07 bits per heavy atom. The van der Waals surface area contributed by atoms with Crippen molar-refractivity contribution in [2.75, 3.05) is 19.6 Å². The van der Waals surface area contributed by atoms with Crippen molar-refractivity contribution in [2.24, 2.45) is 10.9 Å². The van der Waals surface area contributed by atoms with Crippen LogP contribution in [0.5, 0.6) is 0 Å². The first-order chi connectivity index (χ1) is 7.03. The third-order valence-electron chi connectivity index (χ3n) is 2.97. The number of rotatable bonds is 4. The maximum absolute atomic E-state index is 9.75. The van der Waals surface area contributed by atoms with Crippen molar-refractivity contribution in [3.63, 3.8) is 0 Å². The second-order valence-corrected chi connectivity index (χ2v) is 4.53. The van der Waals surface area contributed by atoms with Gasteiger partial charge in [0.05, 0.1) is 5.60 Å². The van der Waals surface area contributed by atoms with Crippen molar-refractivity contribution in [3.05, 3.63) is 0 Å². The Hall–Kier alpha value is -0.810. The molecule has 0 saturated carbocycles. The molecule has 1 fully saturated rings. The highest BCUT2D eigenvalue weighted by Gasteiger charge is 2.26. The van der Waals surface area contributed by atoms with Crippen molar-refractivity contribution in [1.82, 2.24) is 4.90 Å². The minimum absolute atomic E-state index is 0.291. The zero-order valence-corrected chi connectivity index (χ0v) is 9.32. The fraction of sp³-hybridized carbons (Fsp3) is 0.900. The molecular weight excluding hydrogens is 194 g/mol. The number of nitrogens with zero attached hydrogens (tertiary/aromatic N) is 2. The average molecular weight is 215 g/mol. The number of amidine groups is 1. The van der Waals surface area contributed by atoms with Crippen LogP contribution < -0.4 is 5.73 Å². The molecule has 0 unspecified atom stereocenters. The Morgan fingerprint density at radius 3 is 2.60 bits per heavy atom. The molecule has 1 aliphatic heterocycles. The monoisotopic (exact) mass is 215 g/mol. The standard InChI is InChI=1S/C10H21N3O2/c1-10(14)4-7-13(8-5-10)6-2-3-9(11)12-15/h14-15H,2-8H2,1H3,(H2,11,12). The molecule has 15 heavy (non-hydrogen) atoms. The first-order valence-electron chi connectivity index (χ1n) is 5.45. The third-order valence-corrected chi connectivity index (χ3v) is 2.97. The van der Waals surface area contributed by atoms with Gasteiger partial charge in [0.25, 0.3) is 0 Å². The van der Waals surface area contributed by atoms with Crippen LogP contribution in [0.1, 0.15) is 32.6 Å². The molecule has 0 aromatic carbocycles. The number of likely N-dealkylation sites (tertiary alicyclic amines) is 1. The highest BCUT2D eigenvalue weighted by molar-refractivity contribution is 5.79. The van der Waals surface area contributed by atoms with Crippen molar-refractivity contribution in [3.8, 4) is 0 Å². The normalized spacial score (nSPS) is 22.9. The summed E-state index contributed by atoms with van der Waals surface area (Å²) >= 11 is 0. The molecule has 1 saturated heterocycles. The Labute approximate surface area is 90.6 Å². The molecule has 5 nitrogen and oxygen atoms in total. The Kier molecular flexibility index (Phi) is 4.35. The fourth-order valence-electron chi connectivity index (χ4n) is 1.79. The van der Waals surface area contributed by atoms with E-state index in [2.05, 4.69) is 10.1 Å². The molecule has 0 radical (unpaired) electrons. The van der Waals surface area contributed by atoms with Crippen LogP contribution in [0.25, 0.3) is 0 Å². The topological polar surface area (TPSA) is 82.1 Å². The van der Waals surface area contributed by atoms with Gasteiger partial charge in [0, 0.05) is 19.5 Å². The quantitative estimate of drug-likeness (QED) is 0.274. The lowest BCUT2D eigenvalue weighted by Gasteiger charge is -2.35. The summed E-state index contributed by atoms with van der Waals surface area (Å²) in [4.78, 5) is 2.31. The molecular formula is C10H21N3O2. The number of aliphatic hydroxyl groups is 1. The van der Waals surface area contributed by atoms with Gasteiger partial charge in [0.1, 0.15) is 5.84 Å². The second kappa shape index (κ2) is 5.32. The van der Waals surface area contributed by atoms with Crippen LogP contribution in [0.15, 0.2) is 5.16 Å². The van der Waals surface area contributed by atoms with E-state index in [1.807, 2.05) is 6.92 Å². The lowest BCUT2D eigenvalue weighted by atomic mass is 9.94. The first kappa shape index (κ1) is 12.3. The van der Waals surface area contributed by atoms with E-state index in [1.165, 1.54) is 0 Å². The summed E-state index contributed by atoms with van der Waals surface area (Å²) in [5.74, 6) is 0.291. The molecule has 1 rings (SSSR count). The van der Waals surface area contributed by atoms with E-state index in [9.17, 15) is 5.11 Å². The summed E-state index contributed by atoms with van der Waals surface area (Å²) in [6.45, 7) is 4.71. The molecule has 1 heterocycles. The highest BCUT2D eigenvalue weighted by Crippen LogP contribution is 2.21. The van der Waals surface area contributed by atoms with Gasteiger partial charge in [0.2, 0.25) is 0 Å². The molecule has 0 amide bonds. The van der Waals surface area contributed by atoms with Crippen molar-refractivity contribution in [2.45, 2.75) is 38.2 Å². The lowest BCUT2D eigenvalue weighted by Crippen LogP contribution is -2.42. The minimum Gasteiger partial charge on any atom is -0.409 e. The van der Waals surface area contributed by atoms with Crippen LogP contribution in [0, 0.1) is 0 Å². The van der Waals surface area contributed by atoms with Crippen LogP contribution in [0.3, 0.4) is 0 Å². The fourth-order valence-corrected chi connectivity index (χ4v) is 1.79. The lowest BCUT2D eigenvalue weighted by molar-refractivity contribution is -0.00531. The smallest absolute Gasteiger partial charge is 0.139 e. The average Bonchev–Trinajstić information content (AvgIpc) is 2.20. The summed E-state index contributed by atoms with van der Waals surface area (Å²) in [7, 11) is 0. The van der Waals surface area contributed by atoms with E-state index >= 15 is 0 Å². The first-order valence-corrected chi connectivity index (χ1v) is 5.45. The highest BCUT2D eigenvalue weighted by atomic mass is 16.4. The SMILES string of the molecule is CC1(O)CCN(CCCC(N)=NO)CC1. The molecule has 0 atom stereocenters. The van der Waals surface area contributed by atoms with E-state index in [0.717, 1.165) is 38.9 Å². The maximum atomic E-state index is 9.75. The largest absolute Gasteiger partial charge is 0.409 e. The predicted octanol–water partition coefficient (Wildman–Crippen LogP) is 0.360. The van der Waals surface area contributed by atoms with Crippen molar-refractivity contribution >= 4 is 5.84 Å². The van der Waals surface area contributed by atoms with E-state index in [0.29, 0.717) is 12.3 Å². The summed E-state index contributed by atoms with van der Waals surface area (Å²) in [6.07, 6.45) is 3.19. The van der Waals surface area contributed by atoms with Crippen LogP contribution >= 0.6 is 0 Å². The van der Waals surface area contributed by atoms with E-state index in [4.69, 9.17) is 10.9 Å². The number of piperidine rings is 1. The van der Waals surface area contributed by atoms with Gasteiger partial charge in [-0.15, -0.1) is 0 Å². The molecule has 0 aromatic heterocycles. The van der Waals surface area contributed by atoms with Gasteiger partial charge in [-0.25, -0.2) is 0 Å². The van der Waals surface area contributed by atoms with E-state index < -0.39 is 5.60 Å². The van der Waals surface area contributed by atoms with E-state index in [1.54, 1.807) is 0 Å². The molecule has 0 bridgehead atoms. The Morgan fingerprint density at radius 1 is 1.47 bits per heavy atom. The summed E-state index contributed by atoms with van der Waals surface area (Å²) < 4.78 is 0. The Bertz CT molecular complexity index is 219. The molecule has 4 N–H and O–H groups in total. The molecule has 0 aliphatic carbocycles. The predicted molar refractivity (Wildman–Crippen MR) is 58.9 cm³/mol. The summed E-state index contributed by atoms with van der Waals surface area (Å²) in [5.41, 5.74) is 4.89. The van der Waals surface area contributed by atoms with Gasteiger partial charge in [-0.2, -0.15) is 0 Å². The van der Waals surface area contributed by atoms with Gasteiger partial charge in [0.15, 0.2) is 0 Å². The molecule has 0 spiro atoms. The zero-order valence-electron chi connectivity index (χ0n) is 9.32. The van der Waals surface area contributed by atoms with Gasteiger partial charge < -0.3 is 20.9 Å². The van der Waals surface area contributed by atoms with Crippen LogP contribution in [-0.2, 0) is 0 Å². The third kappa shape index (κ3) is 4.48. The number of hydrogen-bond donors (Lipinski definition) is 3. The van der Waals surface area contributed by atoms with Crippen molar-refractivity contribution in [1.29, 1.82) is 0 Å². The Balaban J connectivity index is 2.14. The second-order valence-electron chi connectivity index (χ2n) is 4.53. The number of hydrogen-bond acceptors (Lipinski definition) is 4. The summed E-state index contributed by atoms with van der Waals surface area (Å²) in [5, 5.41) is 21.0. The minimum atomic E-state index is -0.484. The zero-order chi connectivity index (χ0) is 11.3. The van der Waals surface area contributed by atoms with Crippen LogP contribution in [0.2, 0.25) is 0 Å². The van der Waals surface area contributed by atoms with Crippen LogP contribution in [0.4, 0.5) is 0 Å². The van der Waals surface area contributed by atoms with Gasteiger partial charge >= 0.3 is 0 Å². The molecule has 0 aromatic rings. The summed E-state index contributed by atoms with van der Waals surface area (Å²) in [6, 6.07) is 0. The van der Waals surface area contributed by atoms with E-state index in [-0.39, 0.29) is 0 Å². The number of oxime groups is 1. The van der Waals surface area contributed by atoms with Gasteiger partial charge in [-0.05, 0) is 32.7 Å². The van der Waals surface area contributed by atoms with Crippen molar-refractivity contribution < 1.29 is 10.3 Å².